The van der Waals surface area contributed by atoms with Crippen molar-refractivity contribution in [3.8, 4) is 0 Å². The highest BCUT2D eigenvalue weighted by molar-refractivity contribution is 5.88. The second-order valence-corrected chi connectivity index (χ2v) is 5.30. The average Bonchev–Trinajstić information content (AvgIpc) is 2.56. The highest BCUT2D eigenvalue weighted by Crippen LogP contribution is 1.90. The Labute approximate surface area is 144 Å². The minimum absolute atomic E-state index is 0.0315. The molecule has 0 aliphatic rings. The SMILES string of the molecule is COCCCOCCCNC(=O)C(N)CC(=O)NCCNCCN. The van der Waals surface area contributed by atoms with E-state index >= 15 is 0 Å². The molecule has 0 aromatic rings. The van der Waals surface area contributed by atoms with Crippen LogP contribution in [-0.2, 0) is 19.1 Å². The number of carbonyl (C=O) groups excluding carboxylic acids is 2. The first kappa shape index (κ1) is 22.7. The number of ether oxygens (including phenoxy) is 2. The highest BCUT2D eigenvalue weighted by Gasteiger charge is 2.16. The Hall–Kier alpha value is -1.26. The normalized spacial score (nSPS) is 12.0. The monoisotopic (exact) mass is 347 g/mol. The third-order valence-electron chi connectivity index (χ3n) is 3.09. The van der Waals surface area contributed by atoms with Crippen LogP contribution in [-0.4, -0.2) is 77.5 Å². The van der Waals surface area contributed by atoms with E-state index in [0.717, 1.165) is 6.42 Å². The predicted molar refractivity (Wildman–Crippen MR) is 92.5 cm³/mol. The maximum absolute atomic E-state index is 11.8. The molecule has 24 heavy (non-hydrogen) atoms. The second kappa shape index (κ2) is 16.6. The van der Waals surface area contributed by atoms with Crippen LogP contribution in [0, 0.1) is 0 Å². The van der Waals surface area contributed by atoms with Gasteiger partial charge in [-0.3, -0.25) is 9.59 Å². The Bertz CT molecular complexity index is 331. The van der Waals surface area contributed by atoms with Crippen molar-refractivity contribution in [3.05, 3.63) is 0 Å². The van der Waals surface area contributed by atoms with Crippen molar-refractivity contribution in [1.82, 2.24) is 16.0 Å². The van der Waals surface area contributed by atoms with E-state index < -0.39 is 6.04 Å². The summed E-state index contributed by atoms with van der Waals surface area (Å²) in [4.78, 5) is 23.4. The fourth-order valence-electron chi connectivity index (χ4n) is 1.81. The van der Waals surface area contributed by atoms with E-state index in [1.807, 2.05) is 0 Å². The fourth-order valence-corrected chi connectivity index (χ4v) is 1.81. The summed E-state index contributed by atoms with van der Waals surface area (Å²) < 4.78 is 10.3. The van der Waals surface area contributed by atoms with Gasteiger partial charge in [0.25, 0.3) is 0 Å². The fraction of sp³-hybridized carbons (Fsp3) is 0.867. The van der Waals surface area contributed by atoms with Crippen LogP contribution in [0.4, 0.5) is 0 Å². The summed E-state index contributed by atoms with van der Waals surface area (Å²) in [6, 6.07) is -0.843. The van der Waals surface area contributed by atoms with E-state index in [1.165, 1.54) is 0 Å². The quantitative estimate of drug-likeness (QED) is 0.202. The second-order valence-electron chi connectivity index (χ2n) is 5.30. The molecule has 0 aromatic carbocycles. The first-order valence-electron chi connectivity index (χ1n) is 8.39. The lowest BCUT2D eigenvalue weighted by Crippen LogP contribution is -2.45. The number of nitrogens with two attached hydrogens (primary N) is 2. The molecule has 0 saturated carbocycles. The zero-order valence-electron chi connectivity index (χ0n) is 14.6. The molecule has 9 heteroatoms. The summed E-state index contributed by atoms with van der Waals surface area (Å²) in [6.07, 6.45) is 1.52. The molecule has 7 N–H and O–H groups in total. The molecule has 9 nitrogen and oxygen atoms in total. The van der Waals surface area contributed by atoms with Crippen molar-refractivity contribution >= 4 is 11.8 Å². The molecule has 0 aliphatic carbocycles. The lowest BCUT2D eigenvalue weighted by atomic mass is 10.2. The van der Waals surface area contributed by atoms with Gasteiger partial charge in [0.1, 0.15) is 0 Å². The van der Waals surface area contributed by atoms with E-state index in [2.05, 4.69) is 16.0 Å². The van der Waals surface area contributed by atoms with Crippen LogP contribution in [0.15, 0.2) is 0 Å². The first-order chi connectivity index (χ1) is 11.6. The predicted octanol–water partition coefficient (Wildman–Crippen LogP) is -2.07. The van der Waals surface area contributed by atoms with E-state index in [-0.39, 0.29) is 18.2 Å². The zero-order chi connectivity index (χ0) is 18.0. The van der Waals surface area contributed by atoms with Gasteiger partial charge in [0.2, 0.25) is 11.8 Å². The van der Waals surface area contributed by atoms with Crippen LogP contribution >= 0.6 is 0 Å². The van der Waals surface area contributed by atoms with Gasteiger partial charge in [-0.15, -0.1) is 0 Å². The van der Waals surface area contributed by atoms with Crippen LogP contribution in [0.25, 0.3) is 0 Å². The van der Waals surface area contributed by atoms with Crippen molar-refractivity contribution in [2.45, 2.75) is 25.3 Å². The van der Waals surface area contributed by atoms with Crippen molar-refractivity contribution in [3.63, 3.8) is 0 Å². The van der Waals surface area contributed by atoms with Gasteiger partial charge < -0.3 is 36.9 Å². The van der Waals surface area contributed by atoms with Crippen molar-refractivity contribution in [2.75, 3.05) is 59.7 Å². The number of rotatable bonds is 16. The van der Waals surface area contributed by atoms with Gasteiger partial charge in [-0.25, -0.2) is 0 Å². The smallest absolute Gasteiger partial charge is 0.237 e. The number of amides is 2. The molecule has 0 bridgehead atoms. The molecule has 0 heterocycles. The summed E-state index contributed by atoms with van der Waals surface area (Å²) in [5, 5.41) is 8.45. The largest absolute Gasteiger partial charge is 0.385 e. The average molecular weight is 347 g/mol. The van der Waals surface area contributed by atoms with E-state index in [0.29, 0.717) is 59.0 Å². The highest BCUT2D eigenvalue weighted by atomic mass is 16.5. The number of hydrogen-bond acceptors (Lipinski definition) is 7. The molecule has 0 aliphatic heterocycles. The van der Waals surface area contributed by atoms with E-state index in [1.54, 1.807) is 7.11 Å². The lowest BCUT2D eigenvalue weighted by Gasteiger charge is -2.12. The van der Waals surface area contributed by atoms with Gasteiger partial charge in [-0.1, -0.05) is 0 Å². The molecule has 2 amide bonds. The van der Waals surface area contributed by atoms with Crippen LogP contribution in [0.5, 0.6) is 0 Å². The van der Waals surface area contributed by atoms with Gasteiger partial charge >= 0.3 is 0 Å². The first-order valence-corrected chi connectivity index (χ1v) is 8.39. The van der Waals surface area contributed by atoms with Crippen LogP contribution in [0.3, 0.4) is 0 Å². The van der Waals surface area contributed by atoms with E-state index in [9.17, 15) is 9.59 Å². The number of methoxy groups -OCH3 is 1. The summed E-state index contributed by atoms with van der Waals surface area (Å²) in [6.45, 7) is 4.72. The van der Waals surface area contributed by atoms with Gasteiger partial charge in [-0.05, 0) is 12.8 Å². The Kier molecular flexibility index (Phi) is 15.7. The molecule has 1 atom stereocenters. The van der Waals surface area contributed by atoms with Crippen molar-refractivity contribution in [2.24, 2.45) is 11.5 Å². The molecular weight excluding hydrogens is 314 g/mol. The standard InChI is InChI=1S/C15H33N5O4/c1-23-9-3-11-24-10-2-5-20-15(22)13(17)12-14(21)19-8-7-18-6-4-16/h13,18H,2-12,16-17H2,1H3,(H,19,21)(H,20,22). The molecule has 0 spiro atoms. The topological polar surface area (TPSA) is 141 Å². The number of hydrogen-bond donors (Lipinski definition) is 5. The van der Waals surface area contributed by atoms with E-state index in [4.69, 9.17) is 20.9 Å². The molecule has 0 rings (SSSR count). The van der Waals surface area contributed by atoms with Gasteiger partial charge in [-0.2, -0.15) is 0 Å². The Morgan fingerprint density at radius 1 is 1.00 bits per heavy atom. The molecule has 0 radical (unpaired) electrons. The maximum Gasteiger partial charge on any atom is 0.237 e. The van der Waals surface area contributed by atoms with Gasteiger partial charge in [0, 0.05) is 59.7 Å². The van der Waals surface area contributed by atoms with Crippen LogP contribution in [0.2, 0.25) is 0 Å². The van der Waals surface area contributed by atoms with Gasteiger partial charge in [0.15, 0.2) is 0 Å². The number of carbonyl (C=O) groups is 2. The minimum atomic E-state index is -0.843. The third-order valence-corrected chi connectivity index (χ3v) is 3.09. The number of nitrogens with one attached hydrogen (secondary N) is 3. The summed E-state index contributed by atoms with van der Waals surface area (Å²) in [5.74, 6) is -0.570. The molecule has 0 saturated heterocycles. The molecule has 0 fully saturated rings. The lowest BCUT2D eigenvalue weighted by molar-refractivity contribution is -0.127. The van der Waals surface area contributed by atoms with Crippen molar-refractivity contribution in [1.29, 1.82) is 0 Å². The Morgan fingerprint density at radius 2 is 1.75 bits per heavy atom. The third kappa shape index (κ3) is 14.3. The molecule has 142 valence electrons. The van der Waals surface area contributed by atoms with Crippen LogP contribution < -0.4 is 27.4 Å². The minimum Gasteiger partial charge on any atom is -0.385 e. The van der Waals surface area contributed by atoms with Gasteiger partial charge in [0.05, 0.1) is 12.5 Å². The molecule has 0 aromatic heterocycles. The maximum atomic E-state index is 11.8. The summed E-state index contributed by atoms with van der Waals surface area (Å²) in [5.41, 5.74) is 11.0. The Balaban J connectivity index is 3.56. The molecular formula is C15H33N5O4. The van der Waals surface area contributed by atoms with Crippen molar-refractivity contribution < 1.29 is 19.1 Å². The van der Waals surface area contributed by atoms with Crippen LogP contribution in [0.1, 0.15) is 19.3 Å². The Morgan fingerprint density at radius 3 is 2.46 bits per heavy atom. The summed E-state index contributed by atoms with van der Waals surface area (Å²) >= 11 is 0. The zero-order valence-corrected chi connectivity index (χ0v) is 14.6. The molecule has 1 unspecified atom stereocenters. The summed E-state index contributed by atoms with van der Waals surface area (Å²) in [7, 11) is 1.65.